The summed E-state index contributed by atoms with van der Waals surface area (Å²) in [6, 6.07) is 3.70. The van der Waals surface area contributed by atoms with E-state index in [1.165, 1.54) is 24.0 Å². The number of aromatic nitrogens is 3. The van der Waals surface area contributed by atoms with Crippen molar-refractivity contribution in [3.05, 3.63) is 45.9 Å². The smallest absolute Gasteiger partial charge is 0.409 e. The van der Waals surface area contributed by atoms with E-state index in [0.717, 1.165) is 9.99 Å². The number of thioether (sulfide) groups is 2. The van der Waals surface area contributed by atoms with Crippen LogP contribution in [0.3, 0.4) is 0 Å². The van der Waals surface area contributed by atoms with Gasteiger partial charge in [0.1, 0.15) is 11.8 Å². The maximum Gasteiger partial charge on any atom is 0.410 e. The highest BCUT2D eigenvalue weighted by atomic mass is 35.5. The van der Waals surface area contributed by atoms with Crippen LogP contribution >= 0.6 is 35.1 Å². The molecule has 7 nitrogen and oxygen atoms in total. The summed E-state index contributed by atoms with van der Waals surface area (Å²) < 4.78 is 7.32. The van der Waals surface area contributed by atoms with Crippen LogP contribution in [-0.2, 0) is 0 Å². The summed E-state index contributed by atoms with van der Waals surface area (Å²) in [4.78, 5) is 19.0. The van der Waals surface area contributed by atoms with E-state index >= 15 is 0 Å². The molecule has 0 spiro atoms. The highest BCUT2D eigenvalue weighted by Gasteiger charge is 2.29. The van der Waals surface area contributed by atoms with Crippen LogP contribution < -0.4 is 10.5 Å². The number of nitrogens with zero attached hydrogens (tertiary/aromatic N) is 4. The summed E-state index contributed by atoms with van der Waals surface area (Å²) in [5.41, 5.74) is 6.16. The van der Waals surface area contributed by atoms with E-state index in [1.807, 2.05) is 0 Å². The van der Waals surface area contributed by atoms with Gasteiger partial charge in [-0.3, -0.25) is 9.55 Å². The normalized spacial score (nSPS) is 18.9. The first kappa shape index (κ1) is 16.7. The third kappa shape index (κ3) is 3.51. The van der Waals surface area contributed by atoms with E-state index in [1.54, 1.807) is 35.0 Å². The molecule has 0 radical (unpaired) electrons. The topological polar surface area (TPSA) is 107 Å². The lowest BCUT2D eigenvalue weighted by atomic mass is 10.3. The second-order valence-corrected chi connectivity index (χ2v) is 7.50. The summed E-state index contributed by atoms with van der Waals surface area (Å²) >= 11 is 9.33. The average molecular weight is 380 g/mol. The highest BCUT2D eigenvalue weighted by molar-refractivity contribution is 8.25. The minimum atomic E-state index is -0.921. The number of rotatable bonds is 3. The monoisotopic (exact) mass is 379 g/mol. The van der Waals surface area contributed by atoms with E-state index in [0.29, 0.717) is 16.4 Å². The molecule has 2 aromatic heterocycles. The van der Waals surface area contributed by atoms with Gasteiger partial charge < -0.3 is 10.5 Å². The van der Waals surface area contributed by atoms with Gasteiger partial charge in [0.25, 0.3) is 0 Å². The first-order chi connectivity index (χ1) is 11.6. The number of halogens is 1. The molecule has 1 aliphatic rings. The molecule has 24 heavy (non-hydrogen) atoms. The van der Waals surface area contributed by atoms with Crippen molar-refractivity contribution in [2.45, 2.75) is 5.25 Å². The maximum absolute atomic E-state index is 10.8. The number of imidazole rings is 1. The van der Waals surface area contributed by atoms with E-state index in [9.17, 15) is 10.1 Å². The Labute approximate surface area is 150 Å². The molecule has 3 rings (SSSR count). The average Bonchev–Trinajstić information content (AvgIpc) is 3.20. The SMILES string of the molecule is N#C/C(=C1/SCC(c2ncc(OC(N)=O)cc2Cl)S1)n1ccnc1. The van der Waals surface area contributed by atoms with Crippen LogP contribution in [0.15, 0.2) is 35.2 Å². The standard InChI is InChI=1S/C14H10ClN5O2S2/c15-9-3-8(22-14(17)21)5-19-12(9)11-6-23-13(24-11)10(4-16)20-2-1-18-7-20/h1-3,5,7,11H,6H2,(H2,17,21)/b13-10+. The van der Waals surface area contributed by atoms with E-state index in [4.69, 9.17) is 22.1 Å². The fraction of sp³-hybridized carbons (Fsp3) is 0.143. The predicted molar refractivity (Wildman–Crippen MR) is 93.3 cm³/mol. The zero-order valence-corrected chi connectivity index (χ0v) is 14.4. The molecule has 10 heteroatoms. The Hall–Kier alpha value is -2.15. The molecule has 1 saturated heterocycles. The number of carbonyl (C=O) groups is 1. The second-order valence-electron chi connectivity index (χ2n) is 4.59. The van der Waals surface area contributed by atoms with Gasteiger partial charge in [-0.05, 0) is 0 Å². The molecule has 2 N–H and O–H groups in total. The van der Waals surface area contributed by atoms with Crippen LogP contribution in [0.2, 0.25) is 5.02 Å². The van der Waals surface area contributed by atoms with Crippen molar-refractivity contribution in [3.63, 3.8) is 0 Å². The number of nitrogens with two attached hydrogens (primary N) is 1. The Bertz CT molecular complexity index is 847. The summed E-state index contributed by atoms with van der Waals surface area (Å²) in [7, 11) is 0. The Morgan fingerprint density at radius 2 is 2.42 bits per heavy atom. The van der Waals surface area contributed by atoms with Crippen LogP contribution in [-0.4, -0.2) is 26.4 Å². The Morgan fingerprint density at radius 1 is 1.58 bits per heavy atom. The first-order valence-electron chi connectivity index (χ1n) is 6.63. The number of nitriles is 1. The Kier molecular flexibility index (Phi) is 4.99. The van der Waals surface area contributed by atoms with Crippen molar-refractivity contribution in [1.82, 2.24) is 14.5 Å². The van der Waals surface area contributed by atoms with Gasteiger partial charge in [-0.15, -0.1) is 23.5 Å². The summed E-state index contributed by atoms with van der Waals surface area (Å²) in [6.45, 7) is 0. The first-order valence-corrected chi connectivity index (χ1v) is 8.87. The van der Waals surface area contributed by atoms with Crippen LogP contribution in [0, 0.1) is 11.3 Å². The number of allylic oxidation sites excluding steroid dienone is 1. The highest BCUT2D eigenvalue weighted by Crippen LogP contribution is 2.52. The van der Waals surface area contributed by atoms with Crippen LogP contribution in [0.4, 0.5) is 4.79 Å². The fourth-order valence-electron chi connectivity index (χ4n) is 2.05. The van der Waals surface area contributed by atoms with Crippen LogP contribution in [0.5, 0.6) is 5.75 Å². The number of hydrogen-bond acceptors (Lipinski definition) is 7. The molecular formula is C14H10ClN5O2S2. The van der Waals surface area contributed by atoms with Gasteiger partial charge in [-0.2, -0.15) is 5.26 Å². The number of amides is 1. The van der Waals surface area contributed by atoms with Crippen molar-refractivity contribution < 1.29 is 9.53 Å². The number of pyridine rings is 1. The molecule has 1 unspecified atom stereocenters. The van der Waals surface area contributed by atoms with Gasteiger partial charge in [-0.1, -0.05) is 11.6 Å². The summed E-state index contributed by atoms with van der Waals surface area (Å²) in [6.07, 6.45) is 5.41. The van der Waals surface area contributed by atoms with Crippen molar-refractivity contribution >= 4 is 46.9 Å². The van der Waals surface area contributed by atoms with E-state index < -0.39 is 6.09 Å². The molecule has 3 heterocycles. The summed E-state index contributed by atoms with van der Waals surface area (Å²) in [5, 5.41) is 9.78. The molecule has 0 saturated carbocycles. The molecule has 0 bridgehead atoms. The molecule has 1 fully saturated rings. The molecular weight excluding hydrogens is 370 g/mol. The van der Waals surface area contributed by atoms with Crippen LogP contribution in [0.1, 0.15) is 10.9 Å². The van der Waals surface area contributed by atoms with Crippen molar-refractivity contribution in [2.24, 2.45) is 5.73 Å². The predicted octanol–water partition coefficient (Wildman–Crippen LogP) is 3.26. The Balaban J connectivity index is 1.83. The van der Waals surface area contributed by atoms with Crippen LogP contribution in [0.25, 0.3) is 5.70 Å². The number of hydrogen-bond donors (Lipinski definition) is 1. The molecule has 2 aromatic rings. The second kappa shape index (κ2) is 7.17. The van der Waals surface area contributed by atoms with Gasteiger partial charge in [0.15, 0.2) is 5.75 Å². The minimum absolute atomic E-state index is 0.00741. The zero-order valence-electron chi connectivity index (χ0n) is 12.0. The van der Waals surface area contributed by atoms with Crippen molar-refractivity contribution in [1.29, 1.82) is 5.26 Å². The van der Waals surface area contributed by atoms with E-state index in [2.05, 4.69) is 16.0 Å². The lowest BCUT2D eigenvalue weighted by molar-refractivity contribution is 0.210. The fourth-order valence-corrected chi connectivity index (χ4v) is 5.27. The molecule has 122 valence electrons. The van der Waals surface area contributed by atoms with Gasteiger partial charge >= 0.3 is 6.09 Å². The van der Waals surface area contributed by atoms with Gasteiger partial charge in [0, 0.05) is 24.2 Å². The number of primary amides is 1. The zero-order chi connectivity index (χ0) is 17.1. The maximum atomic E-state index is 10.8. The largest absolute Gasteiger partial charge is 0.410 e. The lowest BCUT2D eigenvalue weighted by Crippen LogP contribution is -2.16. The van der Waals surface area contributed by atoms with Gasteiger partial charge in [0.05, 0.1) is 32.7 Å². The molecule has 0 aromatic carbocycles. The number of ether oxygens (including phenoxy) is 1. The summed E-state index contributed by atoms with van der Waals surface area (Å²) in [5.74, 6) is 0.918. The number of carbonyl (C=O) groups excluding carboxylic acids is 1. The molecule has 1 aliphatic heterocycles. The molecule has 0 aliphatic carbocycles. The lowest BCUT2D eigenvalue weighted by Gasteiger charge is -2.10. The minimum Gasteiger partial charge on any atom is -0.409 e. The van der Waals surface area contributed by atoms with Crippen molar-refractivity contribution in [2.75, 3.05) is 5.75 Å². The molecule has 1 atom stereocenters. The van der Waals surface area contributed by atoms with Gasteiger partial charge in [-0.25, -0.2) is 9.78 Å². The van der Waals surface area contributed by atoms with Crippen molar-refractivity contribution in [3.8, 4) is 11.8 Å². The third-order valence-corrected chi connectivity index (χ3v) is 6.24. The molecule has 1 amide bonds. The Morgan fingerprint density at radius 3 is 3.04 bits per heavy atom. The van der Waals surface area contributed by atoms with E-state index in [-0.39, 0.29) is 11.0 Å². The third-order valence-electron chi connectivity index (χ3n) is 3.04. The van der Waals surface area contributed by atoms with Gasteiger partial charge in [0.2, 0.25) is 0 Å². The quantitative estimate of drug-likeness (QED) is 0.815.